The summed E-state index contributed by atoms with van der Waals surface area (Å²) in [7, 11) is -4.30. The number of hydrogen-bond donors (Lipinski definition) is 1. The fourth-order valence-corrected chi connectivity index (χ4v) is 6.54. The zero-order chi connectivity index (χ0) is 30.5. The van der Waals surface area contributed by atoms with Gasteiger partial charge in [-0.3, -0.25) is 13.9 Å². The van der Waals surface area contributed by atoms with Gasteiger partial charge in [-0.2, -0.15) is 0 Å². The van der Waals surface area contributed by atoms with Gasteiger partial charge in [0.25, 0.3) is 10.0 Å². The van der Waals surface area contributed by atoms with E-state index in [-0.39, 0.29) is 33.6 Å². The number of rotatable bonds is 10. The molecule has 7 nitrogen and oxygen atoms in total. The molecule has 1 N–H and O–H groups in total. The summed E-state index contributed by atoms with van der Waals surface area (Å²) in [5.41, 5.74) is -0.151. The van der Waals surface area contributed by atoms with Crippen LogP contribution in [0.25, 0.3) is 0 Å². The molecule has 0 aliphatic heterocycles. The van der Waals surface area contributed by atoms with E-state index in [1.165, 1.54) is 35.2 Å². The second-order valence-corrected chi connectivity index (χ2v) is 13.8. The number of sulfonamides is 1. The van der Waals surface area contributed by atoms with Crippen molar-refractivity contribution >= 4 is 73.9 Å². The number of benzene rings is 3. The zero-order valence-corrected chi connectivity index (χ0v) is 26.8. The number of carbonyl (C=O) groups excluding carboxylic acids is 2. The lowest BCUT2D eigenvalue weighted by Gasteiger charge is -2.35. The highest BCUT2D eigenvalue weighted by Gasteiger charge is 2.35. The lowest BCUT2D eigenvalue weighted by Crippen LogP contribution is -2.55. The van der Waals surface area contributed by atoms with E-state index in [0.717, 1.165) is 4.31 Å². The van der Waals surface area contributed by atoms with Crippen molar-refractivity contribution < 1.29 is 18.0 Å². The number of hydrogen-bond acceptors (Lipinski definition) is 4. The molecule has 41 heavy (non-hydrogen) atoms. The normalized spacial score (nSPS) is 12.5. The molecule has 0 radical (unpaired) electrons. The first-order chi connectivity index (χ1) is 19.2. The molecule has 2 amide bonds. The Morgan fingerprint density at radius 2 is 1.49 bits per heavy atom. The lowest BCUT2D eigenvalue weighted by molar-refractivity contribution is -0.141. The van der Waals surface area contributed by atoms with Gasteiger partial charge in [-0.05, 0) is 69.7 Å². The summed E-state index contributed by atoms with van der Waals surface area (Å²) >= 11 is 25.5. The minimum atomic E-state index is -4.30. The van der Waals surface area contributed by atoms with Crippen molar-refractivity contribution in [2.45, 2.75) is 57.1 Å². The van der Waals surface area contributed by atoms with Crippen molar-refractivity contribution in [1.82, 2.24) is 10.2 Å². The van der Waals surface area contributed by atoms with Crippen LogP contribution in [0.15, 0.2) is 71.6 Å². The summed E-state index contributed by atoms with van der Waals surface area (Å²) < 4.78 is 28.7. The number of nitrogens with one attached hydrogen (secondary N) is 1. The number of amides is 2. The molecular weight excluding hydrogens is 628 g/mol. The van der Waals surface area contributed by atoms with Gasteiger partial charge in [-0.15, -0.1) is 0 Å². The average molecular weight is 659 g/mol. The molecule has 0 aliphatic carbocycles. The van der Waals surface area contributed by atoms with E-state index < -0.39 is 40.0 Å². The summed E-state index contributed by atoms with van der Waals surface area (Å²) in [6, 6.07) is 15.9. The maximum Gasteiger partial charge on any atom is 0.264 e. The van der Waals surface area contributed by atoms with Gasteiger partial charge in [0.15, 0.2) is 0 Å². The highest BCUT2D eigenvalue weighted by Crippen LogP contribution is 2.34. The Hall–Kier alpha value is -2.49. The van der Waals surface area contributed by atoms with Crippen molar-refractivity contribution in [3.8, 4) is 0 Å². The van der Waals surface area contributed by atoms with Crippen LogP contribution in [-0.2, 0) is 26.2 Å². The Kier molecular flexibility index (Phi) is 11.0. The van der Waals surface area contributed by atoms with Gasteiger partial charge in [0.05, 0.1) is 15.6 Å². The van der Waals surface area contributed by atoms with Crippen LogP contribution in [0.2, 0.25) is 20.1 Å². The van der Waals surface area contributed by atoms with Crippen LogP contribution in [-0.4, -0.2) is 43.3 Å². The first-order valence-electron chi connectivity index (χ1n) is 12.7. The van der Waals surface area contributed by atoms with Crippen LogP contribution in [0.5, 0.6) is 0 Å². The van der Waals surface area contributed by atoms with Gasteiger partial charge in [-0.25, -0.2) is 8.42 Å². The second-order valence-electron chi connectivity index (χ2n) is 10.3. The summed E-state index contributed by atoms with van der Waals surface area (Å²) in [6.45, 7) is 6.40. The molecule has 220 valence electrons. The van der Waals surface area contributed by atoms with E-state index >= 15 is 0 Å². The molecule has 12 heteroatoms. The number of carbonyl (C=O) groups is 2. The summed E-state index contributed by atoms with van der Waals surface area (Å²) in [5, 5.41) is 3.80. The summed E-state index contributed by atoms with van der Waals surface area (Å²) in [6.07, 6.45) is 0.235. The topological polar surface area (TPSA) is 86.8 Å². The quantitative estimate of drug-likeness (QED) is 0.249. The van der Waals surface area contributed by atoms with Crippen molar-refractivity contribution in [1.29, 1.82) is 0 Å². The highest BCUT2D eigenvalue weighted by molar-refractivity contribution is 7.92. The molecule has 0 aromatic heterocycles. The molecule has 0 spiro atoms. The predicted molar refractivity (Wildman–Crippen MR) is 166 cm³/mol. The lowest BCUT2D eigenvalue weighted by atomic mass is 10.1. The Morgan fingerprint density at radius 3 is 2.05 bits per heavy atom. The maximum atomic E-state index is 14.2. The van der Waals surface area contributed by atoms with E-state index in [4.69, 9.17) is 46.4 Å². The molecule has 0 aliphatic rings. The van der Waals surface area contributed by atoms with E-state index in [9.17, 15) is 18.0 Å². The van der Waals surface area contributed by atoms with Crippen molar-refractivity contribution in [3.63, 3.8) is 0 Å². The standard InChI is InChI=1S/C29H31Cl4N3O4S/c1-5-25(28(38)34-29(2,3)4)35(17-21-22(31)12-9-13-23(21)32)27(37)18-36(26-16-19(30)14-15-24(26)33)41(39,40)20-10-7-6-8-11-20/h6-16,25H,5,17-18H2,1-4H3,(H,34,38)/t25-/m0/s1. The number of nitrogens with zero attached hydrogens (tertiary/aromatic N) is 2. The molecule has 0 fully saturated rings. The molecule has 0 saturated heterocycles. The second kappa shape index (κ2) is 13.7. The van der Waals surface area contributed by atoms with Crippen molar-refractivity contribution in [3.05, 3.63) is 92.4 Å². The maximum absolute atomic E-state index is 14.2. The van der Waals surface area contributed by atoms with Crippen LogP contribution >= 0.6 is 46.4 Å². The van der Waals surface area contributed by atoms with E-state index in [1.54, 1.807) is 43.3 Å². The molecule has 3 aromatic rings. The van der Waals surface area contributed by atoms with Crippen LogP contribution in [0, 0.1) is 0 Å². The molecule has 0 unspecified atom stereocenters. The fraction of sp³-hybridized carbons (Fsp3) is 0.310. The van der Waals surface area contributed by atoms with Gasteiger partial charge < -0.3 is 10.2 Å². The molecule has 3 rings (SSSR count). The highest BCUT2D eigenvalue weighted by atomic mass is 35.5. The smallest absolute Gasteiger partial charge is 0.264 e. The van der Waals surface area contributed by atoms with E-state index in [0.29, 0.717) is 15.6 Å². The van der Waals surface area contributed by atoms with Crippen LogP contribution in [0.3, 0.4) is 0 Å². The summed E-state index contributed by atoms with van der Waals surface area (Å²) in [4.78, 5) is 28.8. The monoisotopic (exact) mass is 657 g/mol. The van der Waals surface area contributed by atoms with Gasteiger partial charge >= 0.3 is 0 Å². The Morgan fingerprint density at radius 1 is 0.878 bits per heavy atom. The predicted octanol–water partition coefficient (Wildman–Crippen LogP) is 7.22. The third-order valence-electron chi connectivity index (χ3n) is 6.06. The Bertz CT molecular complexity index is 1490. The zero-order valence-electron chi connectivity index (χ0n) is 23.0. The first-order valence-corrected chi connectivity index (χ1v) is 15.7. The van der Waals surface area contributed by atoms with Crippen LogP contribution < -0.4 is 9.62 Å². The summed E-state index contributed by atoms with van der Waals surface area (Å²) in [5.74, 6) is -1.08. The van der Waals surface area contributed by atoms with E-state index in [1.807, 2.05) is 20.8 Å². The molecule has 0 saturated carbocycles. The molecule has 0 heterocycles. The first kappa shape index (κ1) is 33.0. The Labute approximate surface area is 261 Å². The SMILES string of the molecule is CC[C@@H](C(=O)NC(C)(C)C)N(Cc1c(Cl)cccc1Cl)C(=O)CN(c1cc(Cl)ccc1Cl)S(=O)(=O)c1ccccc1. The minimum Gasteiger partial charge on any atom is -0.350 e. The van der Waals surface area contributed by atoms with Gasteiger partial charge in [0.2, 0.25) is 11.8 Å². The van der Waals surface area contributed by atoms with Crippen LogP contribution in [0.4, 0.5) is 5.69 Å². The minimum absolute atomic E-state index is 0.0132. The van der Waals surface area contributed by atoms with Gasteiger partial charge in [0.1, 0.15) is 12.6 Å². The fourth-order valence-electron chi connectivity index (χ4n) is 4.14. The molecule has 1 atom stereocenters. The van der Waals surface area contributed by atoms with Crippen molar-refractivity contribution in [2.75, 3.05) is 10.8 Å². The third-order valence-corrected chi connectivity index (χ3v) is 9.10. The molecule has 3 aromatic carbocycles. The third kappa shape index (κ3) is 8.30. The van der Waals surface area contributed by atoms with Crippen molar-refractivity contribution in [2.24, 2.45) is 0 Å². The Balaban J connectivity index is 2.15. The molecule has 0 bridgehead atoms. The number of anilines is 1. The van der Waals surface area contributed by atoms with Gasteiger partial charge in [-0.1, -0.05) is 77.6 Å². The van der Waals surface area contributed by atoms with E-state index in [2.05, 4.69) is 5.32 Å². The molecular formula is C29H31Cl4N3O4S. The van der Waals surface area contributed by atoms with Gasteiger partial charge in [0, 0.05) is 32.7 Å². The average Bonchev–Trinajstić information content (AvgIpc) is 2.89. The number of halogens is 4. The largest absolute Gasteiger partial charge is 0.350 e. The van der Waals surface area contributed by atoms with Crippen LogP contribution in [0.1, 0.15) is 39.7 Å².